The zero-order valence-corrected chi connectivity index (χ0v) is 17.7. The molecule has 158 valence electrons. The number of amides is 2. The third-order valence-corrected chi connectivity index (χ3v) is 5.73. The average Bonchev–Trinajstić information content (AvgIpc) is 2.75. The number of nitro benzene ring substituents is 1. The van der Waals surface area contributed by atoms with E-state index < -0.39 is 16.9 Å². The smallest absolute Gasteiger partial charge is 0.271 e. The van der Waals surface area contributed by atoms with E-state index >= 15 is 0 Å². The first-order valence-electron chi connectivity index (χ1n) is 9.31. The van der Waals surface area contributed by atoms with Crippen LogP contribution in [0.3, 0.4) is 0 Å². The summed E-state index contributed by atoms with van der Waals surface area (Å²) in [5, 5.41) is 14.0. The van der Waals surface area contributed by atoms with Crippen LogP contribution in [-0.4, -0.2) is 53.9 Å². The monoisotopic (exact) mass is 450 g/mol. The zero-order valence-electron chi connectivity index (χ0n) is 16.2. The first-order valence-corrected chi connectivity index (χ1v) is 10.1. The number of nitrogens with zero attached hydrogens (tertiary/aromatic N) is 3. The summed E-state index contributed by atoms with van der Waals surface area (Å²) in [5.41, 5.74) is 0.981. The lowest BCUT2D eigenvalue weighted by Gasteiger charge is -2.37. The Balaban J connectivity index is 1.58. The van der Waals surface area contributed by atoms with E-state index in [1.807, 2.05) is 11.0 Å². The molecule has 1 atom stereocenters. The maximum absolute atomic E-state index is 12.7. The number of nitrogens with one attached hydrogen (secondary N) is 1. The predicted molar refractivity (Wildman–Crippen MR) is 115 cm³/mol. The van der Waals surface area contributed by atoms with Crippen molar-refractivity contribution in [3.63, 3.8) is 0 Å². The first-order chi connectivity index (χ1) is 14.3. The molecule has 3 rings (SSSR count). The van der Waals surface area contributed by atoms with Gasteiger partial charge in [0, 0.05) is 44.0 Å². The summed E-state index contributed by atoms with van der Waals surface area (Å²) >= 11 is 12.0. The molecule has 1 unspecified atom stereocenters. The molecule has 10 heteroatoms. The van der Waals surface area contributed by atoms with Gasteiger partial charge in [0.1, 0.15) is 6.04 Å². The zero-order chi connectivity index (χ0) is 21.8. The summed E-state index contributed by atoms with van der Waals surface area (Å²) in [5.74, 6) is -0.682. The SMILES string of the molecule is CC(NC(=O)c1cccc(Cl)c1Cl)C(=O)N1CCN(c2cccc([N+](=O)[O-])c2)CC1. The average molecular weight is 451 g/mol. The van der Waals surface area contributed by atoms with Crippen LogP contribution >= 0.6 is 23.2 Å². The Morgan fingerprint density at radius 3 is 2.43 bits per heavy atom. The quantitative estimate of drug-likeness (QED) is 0.556. The van der Waals surface area contributed by atoms with Gasteiger partial charge in [-0.05, 0) is 25.1 Å². The van der Waals surface area contributed by atoms with Gasteiger partial charge in [0.15, 0.2) is 0 Å². The molecule has 0 aliphatic carbocycles. The number of benzene rings is 2. The second-order valence-electron chi connectivity index (χ2n) is 6.89. The van der Waals surface area contributed by atoms with Crippen LogP contribution in [0.2, 0.25) is 10.0 Å². The number of carbonyl (C=O) groups excluding carboxylic acids is 2. The van der Waals surface area contributed by atoms with Gasteiger partial charge in [-0.2, -0.15) is 0 Å². The highest BCUT2D eigenvalue weighted by molar-refractivity contribution is 6.43. The largest absolute Gasteiger partial charge is 0.368 e. The minimum atomic E-state index is -0.739. The fourth-order valence-corrected chi connectivity index (χ4v) is 3.66. The van der Waals surface area contributed by atoms with Crippen molar-refractivity contribution in [3.8, 4) is 0 Å². The van der Waals surface area contributed by atoms with E-state index in [-0.39, 0.29) is 27.2 Å². The molecule has 2 amide bonds. The number of piperazine rings is 1. The molecule has 1 aliphatic rings. The molecule has 0 saturated carbocycles. The molecule has 2 aromatic carbocycles. The fourth-order valence-electron chi connectivity index (χ4n) is 3.28. The fraction of sp³-hybridized carbons (Fsp3) is 0.300. The number of anilines is 1. The summed E-state index contributed by atoms with van der Waals surface area (Å²) in [6.07, 6.45) is 0. The van der Waals surface area contributed by atoms with E-state index in [4.69, 9.17) is 23.2 Å². The van der Waals surface area contributed by atoms with E-state index in [1.54, 1.807) is 36.1 Å². The van der Waals surface area contributed by atoms with Crippen LogP contribution in [0.1, 0.15) is 17.3 Å². The van der Waals surface area contributed by atoms with Gasteiger partial charge in [0.05, 0.1) is 20.5 Å². The van der Waals surface area contributed by atoms with E-state index in [9.17, 15) is 19.7 Å². The van der Waals surface area contributed by atoms with Gasteiger partial charge in [-0.25, -0.2) is 0 Å². The summed E-state index contributed by atoms with van der Waals surface area (Å²) in [4.78, 5) is 39.4. The number of hydrogen-bond donors (Lipinski definition) is 1. The standard InChI is InChI=1S/C20H20Cl2N4O4/c1-13(23-19(27)16-6-3-7-17(21)18(16)22)20(28)25-10-8-24(9-11-25)14-4-2-5-15(12-14)26(29)30/h2-7,12-13H,8-11H2,1H3,(H,23,27). The van der Waals surface area contributed by atoms with E-state index in [1.165, 1.54) is 12.1 Å². The van der Waals surface area contributed by atoms with Crippen molar-refractivity contribution in [1.29, 1.82) is 0 Å². The molecule has 1 aliphatic heterocycles. The molecular weight excluding hydrogens is 431 g/mol. The van der Waals surface area contributed by atoms with Crippen LogP contribution in [0.25, 0.3) is 0 Å². The van der Waals surface area contributed by atoms with Crippen molar-refractivity contribution in [1.82, 2.24) is 10.2 Å². The van der Waals surface area contributed by atoms with Crippen molar-refractivity contribution >= 4 is 46.4 Å². The van der Waals surface area contributed by atoms with Crippen molar-refractivity contribution in [3.05, 3.63) is 68.2 Å². The number of hydrogen-bond acceptors (Lipinski definition) is 5. The Morgan fingerprint density at radius 1 is 1.10 bits per heavy atom. The second kappa shape index (κ2) is 9.32. The maximum Gasteiger partial charge on any atom is 0.271 e. The molecule has 30 heavy (non-hydrogen) atoms. The van der Waals surface area contributed by atoms with E-state index in [0.717, 1.165) is 5.69 Å². The molecule has 8 nitrogen and oxygen atoms in total. The van der Waals surface area contributed by atoms with Crippen LogP contribution in [0.15, 0.2) is 42.5 Å². The third kappa shape index (κ3) is 4.83. The van der Waals surface area contributed by atoms with Crippen LogP contribution in [0.5, 0.6) is 0 Å². The number of carbonyl (C=O) groups is 2. The Morgan fingerprint density at radius 2 is 1.77 bits per heavy atom. The van der Waals surface area contributed by atoms with Crippen LogP contribution in [0, 0.1) is 10.1 Å². The van der Waals surface area contributed by atoms with Gasteiger partial charge in [0.25, 0.3) is 11.6 Å². The molecule has 0 aromatic heterocycles. The molecular formula is C20H20Cl2N4O4. The lowest BCUT2D eigenvalue weighted by molar-refractivity contribution is -0.384. The minimum absolute atomic E-state index is 0.0296. The molecule has 1 N–H and O–H groups in total. The lowest BCUT2D eigenvalue weighted by atomic mass is 10.1. The van der Waals surface area contributed by atoms with Gasteiger partial charge in [-0.1, -0.05) is 35.3 Å². The van der Waals surface area contributed by atoms with Gasteiger partial charge < -0.3 is 15.1 Å². The van der Waals surface area contributed by atoms with Crippen LogP contribution in [0.4, 0.5) is 11.4 Å². The van der Waals surface area contributed by atoms with Crippen LogP contribution in [-0.2, 0) is 4.79 Å². The first kappa shape index (κ1) is 21.9. The number of non-ortho nitro benzene ring substituents is 1. The van der Waals surface area contributed by atoms with Gasteiger partial charge >= 0.3 is 0 Å². The van der Waals surface area contributed by atoms with Gasteiger partial charge in [0.2, 0.25) is 5.91 Å². The molecule has 0 spiro atoms. The van der Waals surface area contributed by atoms with Crippen molar-refractivity contribution in [2.24, 2.45) is 0 Å². The van der Waals surface area contributed by atoms with Gasteiger partial charge in [-0.15, -0.1) is 0 Å². The second-order valence-corrected chi connectivity index (χ2v) is 7.67. The third-order valence-electron chi connectivity index (χ3n) is 4.91. The predicted octanol–water partition coefficient (Wildman–Crippen LogP) is 3.37. The highest BCUT2D eigenvalue weighted by atomic mass is 35.5. The Bertz CT molecular complexity index is 977. The molecule has 0 bridgehead atoms. The van der Waals surface area contributed by atoms with Crippen molar-refractivity contribution in [2.75, 3.05) is 31.1 Å². The van der Waals surface area contributed by atoms with E-state index in [2.05, 4.69) is 5.32 Å². The molecule has 1 saturated heterocycles. The summed E-state index contributed by atoms with van der Waals surface area (Å²) < 4.78 is 0. The van der Waals surface area contributed by atoms with E-state index in [0.29, 0.717) is 26.2 Å². The maximum atomic E-state index is 12.7. The molecule has 0 radical (unpaired) electrons. The normalized spacial score (nSPS) is 14.9. The minimum Gasteiger partial charge on any atom is -0.368 e. The number of rotatable bonds is 5. The topological polar surface area (TPSA) is 95.8 Å². The Kier molecular flexibility index (Phi) is 6.79. The molecule has 1 fully saturated rings. The highest BCUT2D eigenvalue weighted by Gasteiger charge is 2.27. The molecule has 2 aromatic rings. The van der Waals surface area contributed by atoms with Crippen LogP contribution < -0.4 is 10.2 Å². The van der Waals surface area contributed by atoms with Crippen molar-refractivity contribution in [2.45, 2.75) is 13.0 Å². The summed E-state index contributed by atoms with van der Waals surface area (Å²) in [6, 6.07) is 10.4. The Labute approximate surface area is 183 Å². The highest BCUT2D eigenvalue weighted by Crippen LogP contribution is 2.25. The number of nitro groups is 1. The van der Waals surface area contributed by atoms with Gasteiger partial charge in [-0.3, -0.25) is 19.7 Å². The summed E-state index contributed by atoms with van der Waals surface area (Å²) in [7, 11) is 0. The molecule has 1 heterocycles. The Hall–Kier alpha value is -2.84. The lowest BCUT2D eigenvalue weighted by Crippen LogP contribution is -2.54. The number of halogens is 2. The summed E-state index contributed by atoms with van der Waals surface area (Å²) in [6.45, 7) is 3.58. The van der Waals surface area contributed by atoms with Crippen molar-refractivity contribution < 1.29 is 14.5 Å².